The van der Waals surface area contributed by atoms with Crippen LogP contribution in [0.15, 0.2) is 12.1 Å². The van der Waals surface area contributed by atoms with Crippen LogP contribution < -0.4 is 5.73 Å². The first-order chi connectivity index (χ1) is 5.66. The Kier molecular flexibility index (Phi) is 3.00. The van der Waals surface area contributed by atoms with Crippen molar-refractivity contribution in [3.63, 3.8) is 0 Å². The van der Waals surface area contributed by atoms with Crippen molar-refractivity contribution >= 4 is 11.6 Å². The fourth-order valence-electron chi connectivity index (χ4n) is 0.914. The Morgan fingerprint density at radius 2 is 2.00 bits per heavy atom. The van der Waals surface area contributed by atoms with Gasteiger partial charge in [0.05, 0.1) is 0 Å². The molecule has 0 aliphatic heterocycles. The SMILES string of the molecule is NCCc1ccc(F)c(Cl)c1F. The Hall–Kier alpha value is -0.670. The molecule has 1 aromatic carbocycles. The van der Waals surface area contributed by atoms with Crippen LogP contribution in [-0.2, 0) is 6.42 Å². The minimum atomic E-state index is -0.741. The predicted molar refractivity (Wildman–Crippen MR) is 44.1 cm³/mol. The lowest BCUT2D eigenvalue weighted by Crippen LogP contribution is -2.05. The summed E-state index contributed by atoms with van der Waals surface area (Å²) >= 11 is 5.33. The average molecular weight is 192 g/mol. The maximum atomic E-state index is 13.0. The van der Waals surface area contributed by atoms with Crippen LogP contribution in [0.3, 0.4) is 0 Å². The van der Waals surface area contributed by atoms with Crippen molar-refractivity contribution in [1.82, 2.24) is 0 Å². The molecule has 0 bridgehead atoms. The lowest BCUT2D eigenvalue weighted by atomic mass is 10.1. The van der Waals surface area contributed by atoms with Gasteiger partial charge in [-0.05, 0) is 24.6 Å². The standard InChI is InChI=1S/C8H8ClF2N/c9-7-6(10)2-1-5(3-4-12)8(7)11/h1-2H,3-4,12H2. The molecule has 0 atom stereocenters. The van der Waals surface area contributed by atoms with E-state index in [2.05, 4.69) is 0 Å². The highest BCUT2D eigenvalue weighted by Crippen LogP contribution is 2.21. The van der Waals surface area contributed by atoms with E-state index in [1.165, 1.54) is 6.07 Å². The molecule has 2 N–H and O–H groups in total. The van der Waals surface area contributed by atoms with E-state index in [0.717, 1.165) is 6.07 Å². The first-order valence-corrected chi connectivity index (χ1v) is 3.87. The largest absolute Gasteiger partial charge is 0.330 e. The normalized spacial score (nSPS) is 10.3. The van der Waals surface area contributed by atoms with Gasteiger partial charge in [-0.25, -0.2) is 8.78 Å². The van der Waals surface area contributed by atoms with Crippen molar-refractivity contribution in [3.05, 3.63) is 34.4 Å². The Morgan fingerprint density at radius 3 is 2.58 bits per heavy atom. The number of hydrogen-bond acceptors (Lipinski definition) is 1. The third-order valence-corrected chi connectivity index (χ3v) is 1.88. The van der Waals surface area contributed by atoms with Crippen molar-refractivity contribution in [2.45, 2.75) is 6.42 Å². The van der Waals surface area contributed by atoms with E-state index in [1.54, 1.807) is 0 Å². The molecule has 0 saturated carbocycles. The number of rotatable bonds is 2. The summed E-state index contributed by atoms with van der Waals surface area (Å²) in [5.41, 5.74) is 5.56. The summed E-state index contributed by atoms with van der Waals surface area (Å²) < 4.78 is 25.6. The van der Waals surface area contributed by atoms with Gasteiger partial charge in [-0.15, -0.1) is 0 Å². The number of hydrogen-bond donors (Lipinski definition) is 1. The molecule has 0 fully saturated rings. The molecule has 0 amide bonds. The second-order valence-corrected chi connectivity index (χ2v) is 2.75. The summed E-state index contributed by atoms with van der Waals surface area (Å²) in [4.78, 5) is 0. The highest BCUT2D eigenvalue weighted by Gasteiger charge is 2.10. The molecule has 0 heterocycles. The molecule has 1 rings (SSSR count). The molecule has 1 aromatic rings. The second kappa shape index (κ2) is 3.83. The van der Waals surface area contributed by atoms with Gasteiger partial charge in [0.1, 0.15) is 16.7 Å². The summed E-state index contributed by atoms with van der Waals surface area (Å²) in [6.07, 6.45) is 0.367. The highest BCUT2D eigenvalue weighted by atomic mass is 35.5. The van der Waals surface area contributed by atoms with Crippen LogP contribution in [0.1, 0.15) is 5.56 Å². The molecular weight excluding hydrogens is 184 g/mol. The molecule has 66 valence electrons. The number of nitrogens with two attached hydrogens (primary N) is 1. The number of halogens is 3. The highest BCUT2D eigenvalue weighted by molar-refractivity contribution is 6.30. The van der Waals surface area contributed by atoms with Crippen molar-refractivity contribution < 1.29 is 8.78 Å². The maximum Gasteiger partial charge on any atom is 0.148 e. The molecule has 1 nitrogen and oxygen atoms in total. The Bertz CT molecular complexity index is 289. The van der Waals surface area contributed by atoms with E-state index in [4.69, 9.17) is 17.3 Å². The summed E-state index contributed by atoms with van der Waals surface area (Å²) in [5.74, 6) is -1.45. The maximum absolute atomic E-state index is 13.0. The molecule has 12 heavy (non-hydrogen) atoms. The van der Waals surface area contributed by atoms with Crippen molar-refractivity contribution in [3.8, 4) is 0 Å². The van der Waals surface area contributed by atoms with Gasteiger partial charge in [-0.2, -0.15) is 0 Å². The van der Waals surface area contributed by atoms with Crippen LogP contribution in [0, 0.1) is 11.6 Å². The topological polar surface area (TPSA) is 26.0 Å². The van der Waals surface area contributed by atoms with Gasteiger partial charge in [-0.3, -0.25) is 0 Å². The van der Waals surface area contributed by atoms with Crippen LogP contribution >= 0.6 is 11.6 Å². The lowest BCUT2D eigenvalue weighted by Gasteiger charge is -2.02. The van der Waals surface area contributed by atoms with E-state index in [1.807, 2.05) is 0 Å². The van der Waals surface area contributed by atoms with Gasteiger partial charge in [0, 0.05) is 0 Å². The van der Waals surface area contributed by atoms with Gasteiger partial charge >= 0.3 is 0 Å². The Balaban J connectivity index is 3.08. The molecule has 0 aliphatic rings. The zero-order chi connectivity index (χ0) is 9.14. The van der Waals surface area contributed by atoms with Crippen LogP contribution in [0.25, 0.3) is 0 Å². The van der Waals surface area contributed by atoms with Gasteiger partial charge in [0.15, 0.2) is 0 Å². The first kappa shape index (κ1) is 9.42. The van der Waals surface area contributed by atoms with Gasteiger partial charge < -0.3 is 5.73 Å². The predicted octanol–water partition coefficient (Wildman–Crippen LogP) is 2.12. The molecular formula is C8H8ClF2N. The van der Waals surface area contributed by atoms with Gasteiger partial charge in [-0.1, -0.05) is 17.7 Å². The minimum absolute atomic E-state index is 0.318. The fourth-order valence-corrected chi connectivity index (χ4v) is 1.10. The van der Waals surface area contributed by atoms with E-state index >= 15 is 0 Å². The van der Waals surface area contributed by atoms with E-state index in [-0.39, 0.29) is 0 Å². The summed E-state index contributed by atoms with van der Waals surface area (Å²) in [5, 5.41) is -0.457. The van der Waals surface area contributed by atoms with Gasteiger partial charge in [0.25, 0.3) is 0 Å². The Morgan fingerprint density at radius 1 is 1.33 bits per heavy atom. The van der Waals surface area contributed by atoms with Crippen molar-refractivity contribution in [1.29, 1.82) is 0 Å². The summed E-state index contributed by atoms with van der Waals surface area (Å²) in [7, 11) is 0. The molecule has 0 spiro atoms. The fraction of sp³-hybridized carbons (Fsp3) is 0.250. The lowest BCUT2D eigenvalue weighted by molar-refractivity contribution is 0.573. The van der Waals surface area contributed by atoms with Crippen LogP contribution in [-0.4, -0.2) is 6.54 Å². The molecule has 0 aromatic heterocycles. The summed E-state index contributed by atoms with van der Waals surface area (Å²) in [6, 6.07) is 2.49. The third kappa shape index (κ3) is 1.73. The van der Waals surface area contributed by atoms with Crippen molar-refractivity contribution in [2.75, 3.05) is 6.54 Å². The molecule has 4 heteroatoms. The molecule has 0 aliphatic carbocycles. The van der Waals surface area contributed by atoms with E-state index in [0.29, 0.717) is 18.5 Å². The second-order valence-electron chi connectivity index (χ2n) is 2.37. The smallest absolute Gasteiger partial charge is 0.148 e. The van der Waals surface area contributed by atoms with E-state index < -0.39 is 16.7 Å². The van der Waals surface area contributed by atoms with E-state index in [9.17, 15) is 8.78 Å². The van der Waals surface area contributed by atoms with Gasteiger partial charge in [0.2, 0.25) is 0 Å². The van der Waals surface area contributed by atoms with Crippen LogP contribution in [0.2, 0.25) is 5.02 Å². The average Bonchev–Trinajstić information content (AvgIpc) is 2.07. The molecule has 0 unspecified atom stereocenters. The molecule has 0 saturated heterocycles. The van der Waals surface area contributed by atoms with Crippen LogP contribution in [0.5, 0.6) is 0 Å². The molecule has 0 radical (unpaired) electrons. The monoisotopic (exact) mass is 191 g/mol. The first-order valence-electron chi connectivity index (χ1n) is 3.49. The third-order valence-electron chi connectivity index (χ3n) is 1.53. The Labute approximate surface area is 74.1 Å². The number of benzene rings is 1. The van der Waals surface area contributed by atoms with Crippen LogP contribution in [0.4, 0.5) is 8.78 Å². The minimum Gasteiger partial charge on any atom is -0.330 e. The quantitative estimate of drug-likeness (QED) is 0.712. The zero-order valence-electron chi connectivity index (χ0n) is 6.28. The zero-order valence-corrected chi connectivity index (χ0v) is 7.04. The summed E-state index contributed by atoms with van der Waals surface area (Å²) in [6.45, 7) is 0.318. The van der Waals surface area contributed by atoms with Crippen molar-refractivity contribution in [2.24, 2.45) is 5.73 Å².